The molecule has 0 saturated carbocycles. The van der Waals surface area contributed by atoms with Gasteiger partial charge < -0.3 is 15.0 Å². The van der Waals surface area contributed by atoms with Gasteiger partial charge in [0.05, 0.1) is 23.9 Å². The van der Waals surface area contributed by atoms with Crippen molar-refractivity contribution >= 4 is 45.8 Å². The van der Waals surface area contributed by atoms with Crippen LogP contribution in [0.2, 0.25) is 0 Å². The molecule has 0 unspecified atom stereocenters. The van der Waals surface area contributed by atoms with Crippen LogP contribution in [0.5, 0.6) is 5.75 Å². The number of carbonyl (C=O) groups excluding carboxylic acids is 3. The molecular weight excluding hydrogens is 532 g/mol. The van der Waals surface area contributed by atoms with Gasteiger partial charge in [-0.3, -0.25) is 14.4 Å². The van der Waals surface area contributed by atoms with E-state index in [1.165, 1.54) is 11.3 Å². The van der Waals surface area contributed by atoms with Gasteiger partial charge in [0.2, 0.25) is 5.91 Å². The summed E-state index contributed by atoms with van der Waals surface area (Å²) >= 11 is 1.35. The minimum atomic E-state index is -1.34. The zero-order valence-electron chi connectivity index (χ0n) is 22.9. The number of fused-ring (bicyclic) bond motifs is 6. The molecule has 6 nitrogen and oxygen atoms in total. The molecule has 4 heterocycles. The van der Waals surface area contributed by atoms with Crippen LogP contribution in [-0.4, -0.2) is 36.7 Å². The molecule has 7 heteroatoms. The number of anilines is 2. The molecule has 3 aliphatic rings. The summed E-state index contributed by atoms with van der Waals surface area (Å²) in [6.45, 7) is 4.07. The first-order valence-corrected chi connectivity index (χ1v) is 14.5. The zero-order valence-corrected chi connectivity index (χ0v) is 23.7. The fraction of sp³-hybridized carbons (Fsp3) is 0.206. The van der Waals surface area contributed by atoms with Crippen molar-refractivity contribution < 1.29 is 19.1 Å². The fourth-order valence-corrected chi connectivity index (χ4v) is 7.76. The maximum atomic E-state index is 14.9. The first-order chi connectivity index (χ1) is 19.9. The number of carbonyl (C=O) groups is 3. The van der Waals surface area contributed by atoms with Crippen LogP contribution in [0.1, 0.15) is 43.6 Å². The van der Waals surface area contributed by atoms with E-state index < -0.39 is 23.4 Å². The summed E-state index contributed by atoms with van der Waals surface area (Å²) in [6, 6.07) is 22.8. The summed E-state index contributed by atoms with van der Waals surface area (Å²) in [7, 11) is 1.55. The van der Waals surface area contributed by atoms with Gasteiger partial charge in [0.15, 0.2) is 11.6 Å². The van der Waals surface area contributed by atoms with E-state index in [0.717, 1.165) is 28.0 Å². The van der Waals surface area contributed by atoms with Crippen LogP contribution in [0.4, 0.5) is 11.4 Å². The second-order valence-corrected chi connectivity index (χ2v) is 11.9. The third-order valence-corrected chi connectivity index (χ3v) is 9.69. The van der Waals surface area contributed by atoms with Crippen molar-refractivity contribution in [3.05, 3.63) is 117 Å². The Bertz CT molecular complexity index is 1770. The highest BCUT2D eigenvalue weighted by molar-refractivity contribution is 7.12. The first kappa shape index (κ1) is 25.5. The van der Waals surface area contributed by atoms with E-state index in [0.29, 0.717) is 21.9 Å². The Morgan fingerprint density at radius 2 is 1.78 bits per heavy atom. The van der Waals surface area contributed by atoms with Crippen molar-refractivity contribution in [1.82, 2.24) is 0 Å². The highest BCUT2D eigenvalue weighted by Gasteiger charge is 2.70. The van der Waals surface area contributed by atoms with Crippen LogP contribution in [0.15, 0.2) is 90.3 Å². The van der Waals surface area contributed by atoms with E-state index in [1.54, 1.807) is 37.4 Å². The summed E-state index contributed by atoms with van der Waals surface area (Å²) in [4.78, 5) is 46.5. The molecule has 1 amide bonds. The Kier molecular flexibility index (Phi) is 5.77. The number of allylic oxidation sites excluding steroid dienone is 1. The van der Waals surface area contributed by atoms with E-state index in [1.807, 2.05) is 66.6 Å². The number of ketones is 2. The molecule has 1 fully saturated rings. The number of aryl methyl sites for hydroxylation is 1. The monoisotopic (exact) mass is 560 g/mol. The molecule has 41 heavy (non-hydrogen) atoms. The molecular formula is C34H28N2O4S. The number of nitrogens with zero attached hydrogens (tertiary/aromatic N) is 1. The third kappa shape index (κ3) is 3.51. The molecule has 1 saturated heterocycles. The number of ether oxygens (including phenoxy) is 1. The topological polar surface area (TPSA) is 75.7 Å². The molecule has 0 aliphatic carbocycles. The number of nitrogens with one attached hydrogen (secondary N) is 1. The number of para-hydroxylation sites is 1. The number of hydrogen-bond acceptors (Lipinski definition) is 6. The lowest BCUT2D eigenvalue weighted by Crippen LogP contribution is -2.51. The largest absolute Gasteiger partial charge is 0.497 e. The molecule has 3 aromatic carbocycles. The fourth-order valence-electron chi connectivity index (χ4n) is 7.07. The molecule has 4 atom stereocenters. The highest BCUT2D eigenvalue weighted by atomic mass is 32.1. The summed E-state index contributed by atoms with van der Waals surface area (Å²) < 4.78 is 5.44. The number of Topliss-reactive ketones (excluding diaryl/α,β-unsaturated/α-hetero) is 2. The predicted molar refractivity (Wildman–Crippen MR) is 161 cm³/mol. The number of thiophene rings is 1. The molecule has 7 rings (SSSR count). The lowest BCUT2D eigenvalue weighted by Gasteiger charge is -2.39. The van der Waals surface area contributed by atoms with Gasteiger partial charge in [-0.05, 0) is 66.8 Å². The Labute approximate surface area is 242 Å². The SMILES string of the molecule is COc1cccc(C(=O)[C@H]2[C@@H](C(=O)c3cccs3)N3c4ccc(C)cc4C(C)=C[C@@H]3[C@@]23C(=O)Nc2ccccc23)c1. The second-order valence-electron chi connectivity index (χ2n) is 11.0. The predicted octanol–water partition coefficient (Wildman–Crippen LogP) is 6.31. The van der Waals surface area contributed by atoms with E-state index in [2.05, 4.69) is 17.5 Å². The van der Waals surface area contributed by atoms with E-state index >= 15 is 0 Å². The minimum absolute atomic E-state index is 0.167. The molecule has 3 aliphatic heterocycles. The summed E-state index contributed by atoms with van der Waals surface area (Å²) in [6.07, 6.45) is 2.08. The Hall–Kier alpha value is -4.49. The molecule has 4 aromatic rings. The van der Waals surface area contributed by atoms with Gasteiger partial charge in [0, 0.05) is 22.5 Å². The van der Waals surface area contributed by atoms with Gasteiger partial charge in [0.1, 0.15) is 17.2 Å². The van der Waals surface area contributed by atoms with Crippen LogP contribution < -0.4 is 15.0 Å². The average Bonchev–Trinajstić information content (AvgIpc) is 3.70. The number of rotatable bonds is 5. The number of amides is 1. The van der Waals surface area contributed by atoms with Gasteiger partial charge in [-0.15, -0.1) is 11.3 Å². The zero-order chi connectivity index (χ0) is 28.5. The Morgan fingerprint density at radius 3 is 2.56 bits per heavy atom. The van der Waals surface area contributed by atoms with E-state index in [-0.39, 0.29) is 17.5 Å². The smallest absolute Gasteiger partial charge is 0.238 e. The van der Waals surface area contributed by atoms with Crippen LogP contribution in [0, 0.1) is 12.8 Å². The molecule has 0 bridgehead atoms. The van der Waals surface area contributed by atoms with Gasteiger partial charge in [-0.25, -0.2) is 0 Å². The van der Waals surface area contributed by atoms with Crippen molar-refractivity contribution in [2.45, 2.75) is 31.3 Å². The quantitative estimate of drug-likeness (QED) is 0.290. The summed E-state index contributed by atoms with van der Waals surface area (Å²) in [5.74, 6) is -1.17. The number of benzene rings is 3. The maximum absolute atomic E-state index is 14.9. The molecule has 204 valence electrons. The van der Waals surface area contributed by atoms with Crippen molar-refractivity contribution in [3.8, 4) is 5.75 Å². The van der Waals surface area contributed by atoms with Crippen LogP contribution >= 0.6 is 11.3 Å². The Balaban J connectivity index is 1.56. The van der Waals surface area contributed by atoms with E-state index in [4.69, 9.17) is 4.74 Å². The van der Waals surface area contributed by atoms with Crippen LogP contribution in [0.3, 0.4) is 0 Å². The molecule has 1 spiro atoms. The second kappa shape index (κ2) is 9.28. The average molecular weight is 561 g/mol. The molecule has 1 N–H and O–H groups in total. The van der Waals surface area contributed by atoms with Crippen molar-refractivity contribution in [1.29, 1.82) is 0 Å². The van der Waals surface area contributed by atoms with Crippen LogP contribution in [0.25, 0.3) is 5.57 Å². The molecule has 0 radical (unpaired) electrons. The summed E-state index contributed by atoms with van der Waals surface area (Å²) in [5.41, 5.74) is 4.44. The van der Waals surface area contributed by atoms with Crippen molar-refractivity contribution in [2.24, 2.45) is 5.92 Å². The maximum Gasteiger partial charge on any atom is 0.238 e. The van der Waals surface area contributed by atoms with Crippen molar-refractivity contribution in [2.75, 3.05) is 17.3 Å². The van der Waals surface area contributed by atoms with Gasteiger partial charge in [-0.1, -0.05) is 54.1 Å². The van der Waals surface area contributed by atoms with Gasteiger partial charge >= 0.3 is 0 Å². The first-order valence-electron chi connectivity index (χ1n) is 13.6. The number of hydrogen-bond donors (Lipinski definition) is 1. The minimum Gasteiger partial charge on any atom is -0.497 e. The van der Waals surface area contributed by atoms with Crippen molar-refractivity contribution in [3.63, 3.8) is 0 Å². The lowest BCUT2D eigenvalue weighted by molar-refractivity contribution is -0.121. The van der Waals surface area contributed by atoms with E-state index in [9.17, 15) is 14.4 Å². The normalized spacial score (nSPS) is 23.9. The third-order valence-electron chi connectivity index (χ3n) is 8.80. The van der Waals surface area contributed by atoms with Crippen LogP contribution in [-0.2, 0) is 10.2 Å². The molecule has 1 aromatic heterocycles. The standard InChI is InChI=1S/C34H28N2O4S/c1-19-13-14-26-23(16-19)20(2)17-28-34(24-10-4-5-11-25(24)35-33(34)39)29(31(37)21-8-6-9-22(18-21)40-3)30(36(26)28)32(38)27-12-7-15-41-27/h4-18,28-30H,1-3H3,(H,35,39)/t28-,29-,30+,34-/m1/s1. The highest BCUT2D eigenvalue weighted by Crippen LogP contribution is 2.59. The summed E-state index contributed by atoms with van der Waals surface area (Å²) in [5, 5.41) is 4.95. The van der Waals surface area contributed by atoms with Gasteiger partial charge in [0.25, 0.3) is 0 Å². The number of methoxy groups -OCH3 is 1. The lowest BCUT2D eigenvalue weighted by atomic mass is 9.64. The van der Waals surface area contributed by atoms with Gasteiger partial charge in [-0.2, -0.15) is 0 Å². The Morgan fingerprint density at radius 1 is 0.951 bits per heavy atom.